The van der Waals surface area contributed by atoms with Crippen LogP contribution in [0.4, 0.5) is 0 Å². The molecule has 14 heavy (non-hydrogen) atoms. The molecule has 4 heteroatoms. The van der Waals surface area contributed by atoms with Crippen molar-refractivity contribution in [1.82, 2.24) is 10.2 Å². The Morgan fingerprint density at radius 2 is 1.86 bits per heavy atom. The van der Waals surface area contributed by atoms with Crippen LogP contribution >= 0.6 is 0 Å². The second-order valence-electron chi connectivity index (χ2n) is 4.44. The molecule has 0 radical (unpaired) electrons. The van der Waals surface area contributed by atoms with Crippen LogP contribution in [0.5, 0.6) is 0 Å². The number of hydrogen-bond acceptors (Lipinski definition) is 3. The van der Waals surface area contributed by atoms with Gasteiger partial charge in [0.15, 0.2) is 0 Å². The maximum atomic E-state index is 11.5. The normalized spacial score (nSPS) is 15.7. The zero-order chi connectivity index (χ0) is 11.3. The minimum Gasteiger partial charge on any atom is -0.351 e. The quantitative estimate of drug-likeness (QED) is 0.660. The van der Waals surface area contributed by atoms with Gasteiger partial charge in [-0.3, -0.25) is 4.79 Å². The first-order chi connectivity index (χ1) is 6.34. The highest BCUT2D eigenvalue weighted by atomic mass is 16.2. The third-order valence-electron chi connectivity index (χ3n) is 2.05. The van der Waals surface area contributed by atoms with Crippen LogP contribution in [0.15, 0.2) is 0 Å². The summed E-state index contributed by atoms with van der Waals surface area (Å²) in [5, 5.41) is 2.89. The van der Waals surface area contributed by atoms with Gasteiger partial charge in [0, 0.05) is 12.6 Å². The number of nitrogens with two attached hydrogens (primary N) is 1. The molecule has 0 fully saturated rings. The first kappa shape index (κ1) is 13.4. The lowest BCUT2D eigenvalue weighted by molar-refractivity contribution is -0.123. The molecule has 0 heterocycles. The van der Waals surface area contributed by atoms with Gasteiger partial charge >= 0.3 is 0 Å². The second kappa shape index (κ2) is 5.98. The monoisotopic (exact) mass is 201 g/mol. The maximum absolute atomic E-state index is 11.5. The van der Waals surface area contributed by atoms with Gasteiger partial charge in [-0.2, -0.15) is 0 Å². The van der Waals surface area contributed by atoms with Crippen molar-refractivity contribution in [3.05, 3.63) is 0 Å². The molecule has 0 aromatic heterocycles. The minimum atomic E-state index is -0.403. The topological polar surface area (TPSA) is 58.4 Å². The molecule has 0 spiro atoms. The van der Waals surface area contributed by atoms with Gasteiger partial charge in [0.2, 0.25) is 5.91 Å². The SMILES string of the molecule is CC(CN(C)C)NC(=O)[C@H](N)C(C)C. The number of nitrogens with one attached hydrogen (secondary N) is 1. The third kappa shape index (κ3) is 5.19. The fraction of sp³-hybridized carbons (Fsp3) is 0.900. The largest absolute Gasteiger partial charge is 0.351 e. The average Bonchev–Trinajstić information content (AvgIpc) is 2.00. The molecule has 4 nitrogen and oxygen atoms in total. The van der Waals surface area contributed by atoms with Crippen molar-refractivity contribution in [1.29, 1.82) is 0 Å². The highest BCUT2D eigenvalue weighted by Crippen LogP contribution is 1.98. The van der Waals surface area contributed by atoms with Crippen molar-refractivity contribution in [3.63, 3.8) is 0 Å². The number of amides is 1. The van der Waals surface area contributed by atoms with Crippen LogP contribution in [0.1, 0.15) is 20.8 Å². The van der Waals surface area contributed by atoms with Crippen molar-refractivity contribution in [3.8, 4) is 0 Å². The van der Waals surface area contributed by atoms with Crippen LogP contribution in [0.3, 0.4) is 0 Å². The molecule has 0 aliphatic carbocycles. The summed E-state index contributed by atoms with van der Waals surface area (Å²) in [6.07, 6.45) is 0. The summed E-state index contributed by atoms with van der Waals surface area (Å²) in [6, 6.07) is -0.262. The number of hydrogen-bond donors (Lipinski definition) is 2. The average molecular weight is 201 g/mol. The van der Waals surface area contributed by atoms with Gasteiger partial charge in [-0.25, -0.2) is 0 Å². The maximum Gasteiger partial charge on any atom is 0.237 e. The van der Waals surface area contributed by atoms with Crippen molar-refractivity contribution >= 4 is 5.91 Å². The molecular weight excluding hydrogens is 178 g/mol. The Bertz CT molecular complexity index is 180. The van der Waals surface area contributed by atoms with E-state index in [0.29, 0.717) is 0 Å². The van der Waals surface area contributed by atoms with Gasteiger partial charge in [0.05, 0.1) is 6.04 Å². The Kier molecular flexibility index (Phi) is 5.72. The van der Waals surface area contributed by atoms with E-state index in [9.17, 15) is 4.79 Å². The molecule has 0 rings (SSSR count). The van der Waals surface area contributed by atoms with Gasteiger partial charge in [-0.1, -0.05) is 13.8 Å². The molecule has 0 aromatic carbocycles. The number of likely N-dealkylation sites (N-methyl/N-ethyl adjacent to an activating group) is 1. The van der Waals surface area contributed by atoms with Crippen LogP contribution in [0, 0.1) is 5.92 Å². The molecule has 3 N–H and O–H groups in total. The number of rotatable bonds is 5. The van der Waals surface area contributed by atoms with E-state index in [2.05, 4.69) is 5.32 Å². The molecular formula is C10H23N3O. The van der Waals surface area contributed by atoms with Gasteiger partial charge < -0.3 is 16.0 Å². The highest BCUT2D eigenvalue weighted by Gasteiger charge is 2.18. The Balaban J connectivity index is 3.93. The van der Waals surface area contributed by atoms with Crippen LogP contribution in [0.2, 0.25) is 0 Å². The highest BCUT2D eigenvalue weighted by molar-refractivity contribution is 5.81. The number of carbonyl (C=O) groups is 1. The summed E-state index contributed by atoms with van der Waals surface area (Å²) in [4.78, 5) is 13.6. The molecule has 0 saturated carbocycles. The molecule has 1 unspecified atom stereocenters. The van der Waals surface area contributed by atoms with Crippen molar-refractivity contribution in [2.45, 2.75) is 32.9 Å². The van der Waals surface area contributed by atoms with Gasteiger partial charge in [-0.15, -0.1) is 0 Å². The summed E-state index contributed by atoms with van der Waals surface area (Å²) in [5.41, 5.74) is 5.71. The standard InChI is InChI=1S/C10H23N3O/c1-7(2)9(11)10(14)12-8(3)6-13(4)5/h7-9H,6,11H2,1-5H3,(H,12,14)/t8?,9-/m1/s1. The first-order valence-electron chi connectivity index (χ1n) is 5.05. The van der Waals surface area contributed by atoms with Gasteiger partial charge in [0.1, 0.15) is 0 Å². The molecule has 0 aromatic rings. The molecule has 0 aliphatic heterocycles. The lowest BCUT2D eigenvalue weighted by Gasteiger charge is -2.21. The Hall–Kier alpha value is -0.610. The van der Waals surface area contributed by atoms with E-state index in [1.807, 2.05) is 39.8 Å². The molecule has 0 bridgehead atoms. The number of carbonyl (C=O) groups excluding carboxylic acids is 1. The Morgan fingerprint density at radius 3 is 2.21 bits per heavy atom. The van der Waals surface area contributed by atoms with Crippen LogP contribution < -0.4 is 11.1 Å². The zero-order valence-corrected chi connectivity index (χ0v) is 9.87. The Labute approximate surface area is 86.8 Å². The summed E-state index contributed by atoms with van der Waals surface area (Å²) in [7, 11) is 3.95. The second-order valence-corrected chi connectivity index (χ2v) is 4.44. The lowest BCUT2D eigenvalue weighted by Crippen LogP contribution is -2.49. The third-order valence-corrected chi connectivity index (χ3v) is 2.05. The summed E-state index contributed by atoms with van der Waals surface area (Å²) >= 11 is 0. The van der Waals surface area contributed by atoms with E-state index in [-0.39, 0.29) is 17.9 Å². The fourth-order valence-electron chi connectivity index (χ4n) is 1.24. The minimum absolute atomic E-state index is 0.0608. The predicted molar refractivity (Wildman–Crippen MR) is 59.0 cm³/mol. The summed E-state index contributed by atoms with van der Waals surface area (Å²) in [5.74, 6) is 0.121. The van der Waals surface area contributed by atoms with E-state index in [4.69, 9.17) is 5.73 Å². The predicted octanol–water partition coefficient (Wildman–Crippen LogP) is 0.0360. The fourth-order valence-corrected chi connectivity index (χ4v) is 1.24. The summed E-state index contributed by atoms with van der Waals surface area (Å²) < 4.78 is 0. The van der Waals surface area contributed by atoms with Crippen molar-refractivity contribution in [2.24, 2.45) is 11.7 Å². The molecule has 84 valence electrons. The van der Waals surface area contributed by atoms with Crippen molar-refractivity contribution < 1.29 is 4.79 Å². The molecule has 2 atom stereocenters. The zero-order valence-electron chi connectivity index (χ0n) is 9.87. The van der Waals surface area contributed by atoms with E-state index in [1.165, 1.54) is 0 Å². The van der Waals surface area contributed by atoms with Crippen LogP contribution in [-0.4, -0.2) is 43.5 Å². The smallest absolute Gasteiger partial charge is 0.237 e. The molecule has 0 aliphatic rings. The molecule has 1 amide bonds. The first-order valence-corrected chi connectivity index (χ1v) is 5.05. The van der Waals surface area contributed by atoms with Crippen LogP contribution in [-0.2, 0) is 4.79 Å². The lowest BCUT2D eigenvalue weighted by atomic mass is 10.0. The number of nitrogens with zero attached hydrogens (tertiary/aromatic N) is 1. The van der Waals surface area contributed by atoms with Crippen LogP contribution in [0.25, 0.3) is 0 Å². The van der Waals surface area contributed by atoms with E-state index < -0.39 is 6.04 Å². The van der Waals surface area contributed by atoms with E-state index in [0.717, 1.165) is 6.54 Å². The molecule has 0 saturated heterocycles. The summed E-state index contributed by atoms with van der Waals surface area (Å²) in [6.45, 7) is 6.70. The van der Waals surface area contributed by atoms with Crippen molar-refractivity contribution in [2.75, 3.05) is 20.6 Å². The van der Waals surface area contributed by atoms with E-state index in [1.54, 1.807) is 0 Å². The Morgan fingerprint density at radius 1 is 1.36 bits per heavy atom. The van der Waals surface area contributed by atoms with Gasteiger partial charge in [0.25, 0.3) is 0 Å². The van der Waals surface area contributed by atoms with E-state index >= 15 is 0 Å². The van der Waals surface area contributed by atoms with Gasteiger partial charge in [-0.05, 0) is 26.9 Å².